The number of hydrogen-bond donors (Lipinski definition) is 0. The van der Waals surface area contributed by atoms with Gasteiger partial charge in [-0.15, -0.1) is 0 Å². The van der Waals surface area contributed by atoms with Gasteiger partial charge in [-0.1, -0.05) is 17.1 Å². The molecule has 1 amide bonds. The van der Waals surface area contributed by atoms with E-state index in [0.29, 0.717) is 25.9 Å². The first kappa shape index (κ1) is 108. The van der Waals surface area contributed by atoms with E-state index in [1.807, 2.05) is 0 Å². The fraction of sp³-hybridized carbons (Fsp3) is 0.0720. The average molecular weight is 1720 g/mol. The highest BCUT2D eigenvalue weighted by Crippen LogP contribution is 2.41. The number of azide groups is 1. The fourth-order valence-corrected chi connectivity index (χ4v) is 6.74. The van der Waals surface area contributed by atoms with E-state index in [4.69, 9.17) is 29.6 Å². The zero-order valence-electron chi connectivity index (χ0n) is 70.1. The van der Waals surface area contributed by atoms with Crippen LogP contribution in [-0.4, -0.2) is 34.5 Å². The quantitative estimate of drug-likeness (QED) is 0.0688. The van der Waals surface area contributed by atoms with Crippen LogP contribution in [0.2, 0.25) is 0 Å². The second-order valence-electron chi connectivity index (χ2n) is 20.1. The summed E-state index contributed by atoms with van der Waals surface area (Å²) in [5.41, 5.74) is 5.58. The summed E-state index contributed by atoms with van der Waals surface area (Å²) in [6.07, 6.45) is -3.55. The number of hydrogen-bond acceptors (Lipinski definition) is 4. The van der Waals surface area contributed by atoms with Gasteiger partial charge in [-0.25, -0.2) is 4.85 Å². The van der Waals surface area contributed by atoms with Crippen LogP contribution in [0.15, 0.2) is 23.3 Å². The summed E-state index contributed by atoms with van der Waals surface area (Å²) in [6, 6.07) is 4.73. The van der Waals surface area contributed by atoms with Crippen molar-refractivity contribution in [2.75, 3.05) is 18.0 Å². The van der Waals surface area contributed by atoms with Gasteiger partial charge in [0.05, 0.1) is 12.1 Å². The monoisotopic (exact) mass is 1720 g/mol. The predicted molar refractivity (Wildman–Crippen MR) is 525 cm³/mol. The Balaban J connectivity index is 0.00000282. The molecule has 2 rings (SSSR count). The van der Waals surface area contributed by atoms with Gasteiger partial charge in [0.2, 0.25) is 0 Å². The van der Waals surface area contributed by atoms with E-state index in [2.05, 4.69) is 642 Å². The number of carbonyl (C=O) groups is 1. The summed E-state index contributed by atoms with van der Waals surface area (Å²) in [5.74, 6) is 264. The third-order valence-corrected chi connectivity index (χ3v) is 11.5. The Kier molecular flexibility index (Phi) is 66.7. The van der Waals surface area contributed by atoms with Crippen LogP contribution in [0, 0.1) is 645 Å². The number of thiocarbonyl (C=S) groups is 1. The number of nitrogens with zero attached hydrogens (tertiary/aromatic N) is 7. The molecular formula is C125H20F3N7OS. The molecule has 12 heteroatoms. The van der Waals surface area contributed by atoms with E-state index in [1.54, 1.807) is 31.7 Å². The van der Waals surface area contributed by atoms with Gasteiger partial charge in [-0.3, -0.25) is 9.69 Å². The molecule has 588 valence electrons. The Morgan fingerprint density at radius 1 is 0.321 bits per heavy atom. The lowest BCUT2D eigenvalue weighted by Gasteiger charge is -2.29. The van der Waals surface area contributed by atoms with Crippen LogP contribution in [0.25, 0.3) is 15.3 Å². The number of rotatable bonds is 6. The molecule has 1 aromatic rings. The molecule has 0 radical (unpaired) electrons. The molecule has 1 heterocycles. The maximum atomic E-state index is 13.3. The molecule has 0 N–H and O–H groups in total. The van der Waals surface area contributed by atoms with Crippen LogP contribution in [0.1, 0.15) is 39.2 Å². The molecule has 1 aliphatic heterocycles. The Labute approximate surface area is 804 Å². The number of nitriles is 1. The minimum absolute atomic E-state index is 0.0284. The van der Waals surface area contributed by atoms with E-state index in [1.165, 1.54) is 6.07 Å². The zero-order valence-corrected chi connectivity index (χ0v) is 71.0. The molecule has 0 spiro atoms. The van der Waals surface area contributed by atoms with Crippen LogP contribution in [-0.2, 0) is 11.0 Å². The van der Waals surface area contributed by atoms with E-state index in [9.17, 15) is 18.0 Å². The van der Waals surface area contributed by atoms with E-state index in [0.717, 1.165) is 17.0 Å². The molecule has 0 aromatic heterocycles. The minimum atomic E-state index is -4.73. The molecule has 1 aliphatic rings. The second-order valence-corrected chi connectivity index (χ2v) is 20.5. The number of halogens is 3. The number of benzene rings is 1. The third kappa shape index (κ3) is 68.8. The third-order valence-electron chi connectivity index (χ3n) is 11.1. The SMILES string of the molecule is CC#CC#CC#CC#CC#CC#CC#CC#CC#CC#CC#CC#CC#CC#CC#CC#CC#CC#CC#CC#CC#CC#CC#CC#CC#CC#CC#CC#CC#CC#CC#CC#CC#CC#CC#CC#CC#CC#CC#CC#CC#CC#CC#CC#CC#CC#CC#CC#CC#CC#CC#CC#CC#CC#N.[C-]#[N+]c1ccc(N2C(=O)C(C)(C)N(CCCCN=[N+]=[N-])C2=S)cc1C(F)(F)F. The summed E-state index contributed by atoms with van der Waals surface area (Å²) in [5, 5.41) is 11.8. The Bertz CT molecular complexity index is 9270. The van der Waals surface area contributed by atoms with Gasteiger partial charge >= 0.3 is 6.18 Å². The van der Waals surface area contributed by atoms with Crippen molar-refractivity contribution in [1.82, 2.24) is 4.90 Å². The smallest absolute Gasteiger partial charge is 0.334 e. The van der Waals surface area contributed by atoms with E-state index >= 15 is 0 Å². The van der Waals surface area contributed by atoms with E-state index in [-0.39, 0.29) is 10.8 Å². The van der Waals surface area contributed by atoms with Gasteiger partial charge < -0.3 is 4.90 Å². The van der Waals surface area contributed by atoms with Crippen molar-refractivity contribution in [2.45, 2.75) is 45.3 Å². The zero-order chi connectivity index (χ0) is 98.8. The molecule has 1 aromatic carbocycles. The van der Waals surface area contributed by atoms with Gasteiger partial charge in [-0.05, 0) is 111 Å². The predicted octanol–water partition coefficient (Wildman–Crippen LogP) is 5.77. The lowest BCUT2D eigenvalue weighted by Crippen LogP contribution is -2.44. The lowest BCUT2D eigenvalue weighted by molar-refractivity contribution is -0.136. The Hall–Kier alpha value is -26.7. The maximum Gasteiger partial charge on any atom is 0.407 e. The van der Waals surface area contributed by atoms with Crippen molar-refractivity contribution in [3.8, 4) is 634 Å². The van der Waals surface area contributed by atoms with Gasteiger partial charge in [0, 0.05) is 598 Å². The van der Waals surface area contributed by atoms with Crippen molar-refractivity contribution in [1.29, 1.82) is 5.26 Å². The van der Waals surface area contributed by atoms with Crippen molar-refractivity contribution >= 4 is 34.6 Å². The van der Waals surface area contributed by atoms with Crippen LogP contribution < -0.4 is 4.90 Å². The van der Waals surface area contributed by atoms with Crippen LogP contribution >= 0.6 is 12.2 Å². The number of anilines is 1. The normalized spacial score (nSPS) is 6.45. The topological polar surface area (TPSA) is 100 Å². The van der Waals surface area contributed by atoms with Crippen molar-refractivity contribution in [2.24, 2.45) is 5.11 Å². The minimum Gasteiger partial charge on any atom is -0.334 e. The van der Waals surface area contributed by atoms with Gasteiger partial charge in [0.25, 0.3) is 5.91 Å². The molecule has 0 unspecified atom stereocenters. The van der Waals surface area contributed by atoms with Crippen LogP contribution in [0.4, 0.5) is 24.5 Å². The molecule has 1 saturated heterocycles. The largest absolute Gasteiger partial charge is 0.407 e. The standard InChI is InChI=1S/C108H3N.C17H17F3N6OS/c1-2-3-4-5-6-7-8-9-10-11-12-13-14-15-16-17-18-19-20-21-22-23-24-25-26-27-28-29-30-31-32-33-34-35-36-37-38-39-40-41-42-43-44-45-46-47-48-49-50-51-52-53-54-55-56-57-58-59-60-61-62-63-64-65-66-67-68-69-70-71-72-73-74-75-76-77-78-79-80-81-82-83-84-85-86-87-88-89-90-91-92-93-94-95-96-97-98-99-100-101-102-103-104-105-106-107-108-109;1-16(2)14(27)26(15(28)25(16)9-5-4-8-23-24-21)11-6-7-13(22-3)12(10-11)17(18,19)20/h1H3;6-7,10H,4-5,8-9H2,1-2H3. The summed E-state index contributed by atoms with van der Waals surface area (Å²) in [6.45, 7) is 12.6. The van der Waals surface area contributed by atoms with Crippen molar-refractivity contribution in [3.63, 3.8) is 0 Å². The Morgan fingerprint density at radius 3 is 0.650 bits per heavy atom. The molecule has 137 heavy (non-hydrogen) atoms. The fourth-order valence-electron chi connectivity index (χ4n) is 6.23. The Morgan fingerprint density at radius 2 is 0.496 bits per heavy atom. The number of amides is 1. The van der Waals surface area contributed by atoms with Crippen molar-refractivity contribution < 1.29 is 18.0 Å². The highest BCUT2D eigenvalue weighted by Gasteiger charge is 2.49. The summed E-state index contributed by atoms with van der Waals surface area (Å²) in [4.78, 5) is 21.2. The number of alkyl halides is 3. The molecule has 1 fully saturated rings. The van der Waals surface area contributed by atoms with Crippen LogP contribution in [0.3, 0.4) is 0 Å². The van der Waals surface area contributed by atoms with Crippen LogP contribution in [0.5, 0.6) is 0 Å². The molecule has 0 atom stereocenters. The molecule has 0 bridgehead atoms. The summed E-state index contributed by atoms with van der Waals surface area (Å²) in [7, 11) is 0. The van der Waals surface area contributed by atoms with Gasteiger partial charge in [0.15, 0.2) is 16.9 Å². The second kappa shape index (κ2) is 84.4. The maximum absolute atomic E-state index is 13.3. The lowest BCUT2D eigenvalue weighted by atomic mass is 10.0. The van der Waals surface area contributed by atoms with Gasteiger partial charge in [0.1, 0.15) is 5.54 Å². The summed E-state index contributed by atoms with van der Waals surface area (Å²) < 4.78 is 39.8. The molecule has 0 aliphatic carbocycles. The summed E-state index contributed by atoms with van der Waals surface area (Å²) >= 11 is 5.38. The number of carbonyl (C=O) groups excluding carboxylic acids is 1. The molecule has 0 saturated carbocycles. The first-order chi connectivity index (χ1) is 67.5. The van der Waals surface area contributed by atoms with Gasteiger partial charge in [-0.2, -0.15) is 18.4 Å². The first-order valence-electron chi connectivity index (χ1n) is 35.5. The number of unbranched alkanes of at least 4 members (excludes halogenated alkanes) is 1. The first-order valence-corrected chi connectivity index (χ1v) is 35.9. The van der Waals surface area contributed by atoms with E-state index < -0.39 is 28.9 Å². The average Bonchev–Trinajstić information content (AvgIpc) is 1.60. The highest BCUT2D eigenvalue weighted by molar-refractivity contribution is 7.80. The highest BCUT2D eigenvalue weighted by atomic mass is 32.1. The van der Waals surface area contributed by atoms with Crippen molar-refractivity contribution in [3.05, 3.63) is 45.6 Å². The molecular weight excluding hydrogens is 1700 g/mol. The molecule has 8 nitrogen and oxygen atoms in total.